The summed E-state index contributed by atoms with van der Waals surface area (Å²) in [5, 5.41) is 0.713. The molecule has 2 heterocycles. The summed E-state index contributed by atoms with van der Waals surface area (Å²) in [5.41, 5.74) is 9.11. The van der Waals surface area contributed by atoms with Crippen molar-refractivity contribution in [3.63, 3.8) is 0 Å². The summed E-state index contributed by atoms with van der Waals surface area (Å²) in [6, 6.07) is 12.0. The number of fused-ring (bicyclic) bond motifs is 1. The van der Waals surface area contributed by atoms with Crippen LogP contribution in [0.25, 0.3) is 0 Å². The van der Waals surface area contributed by atoms with E-state index in [1.54, 1.807) is 12.1 Å². The number of hydrogen-bond acceptors (Lipinski definition) is 7. The molecule has 0 aromatic heterocycles. The lowest BCUT2D eigenvalue weighted by Gasteiger charge is -2.41. The van der Waals surface area contributed by atoms with E-state index in [1.165, 1.54) is 31.5 Å². The molecule has 2 amide bonds. The zero-order chi connectivity index (χ0) is 27.6. The number of nitrogens with two attached hydrogens (primary N) is 1. The van der Waals surface area contributed by atoms with E-state index in [0.717, 1.165) is 30.8 Å². The predicted octanol–water partition coefficient (Wildman–Crippen LogP) is 3.38. The molecule has 38 heavy (non-hydrogen) atoms. The van der Waals surface area contributed by atoms with Gasteiger partial charge in [-0.3, -0.25) is 9.59 Å². The number of sulfonamides is 1. The van der Waals surface area contributed by atoms with E-state index in [2.05, 4.69) is 9.80 Å². The highest BCUT2D eigenvalue weighted by molar-refractivity contribution is 7.90. The van der Waals surface area contributed by atoms with Crippen molar-refractivity contribution in [3.8, 4) is 0 Å². The van der Waals surface area contributed by atoms with E-state index >= 15 is 0 Å². The first-order chi connectivity index (χ1) is 18.0. The van der Waals surface area contributed by atoms with Gasteiger partial charge in [-0.05, 0) is 81.6 Å². The molecule has 11 heteroatoms. The third kappa shape index (κ3) is 5.91. The molecule has 0 unspecified atom stereocenters. The van der Waals surface area contributed by atoms with Crippen molar-refractivity contribution in [2.24, 2.45) is 5.73 Å². The molecular formula is C27H38ClN5O4S. The number of anilines is 2. The number of nitrogens with one attached hydrogen (secondary N) is 1. The molecule has 9 nitrogen and oxygen atoms in total. The van der Waals surface area contributed by atoms with Gasteiger partial charge in [-0.2, -0.15) is 0 Å². The quantitative estimate of drug-likeness (QED) is 0.518. The topological polar surface area (TPSA) is 116 Å². The van der Waals surface area contributed by atoms with Gasteiger partial charge in [0.25, 0.3) is 15.9 Å². The van der Waals surface area contributed by atoms with Gasteiger partial charge in [0.2, 0.25) is 5.91 Å². The Morgan fingerprint density at radius 2 is 1.68 bits per heavy atom. The van der Waals surface area contributed by atoms with Crippen LogP contribution in [0.1, 0.15) is 35.6 Å². The number of allylic oxidation sites excluding steroid dienone is 1. The SMILES string of the molecule is CC(N)=C(C)C(=O)NS(=O)(=O)c1ccc(N2CCN(C(=O)[C@@H](C)N3CCCc4cc(Cl)ccc43)CC2)cc1.[HH].[HH]. The van der Waals surface area contributed by atoms with Gasteiger partial charge in [0.15, 0.2) is 0 Å². The van der Waals surface area contributed by atoms with Gasteiger partial charge in [0, 0.05) is 63.2 Å². The van der Waals surface area contributed by atoms with Gasteiger partial charge in [0.05, 0.1) is 4.90 Å². The molecule has 208 valence electrons. The number of nitrogens with zero attached hydrogens (tertiary/aromatic N) is 3. The van der Waals surface area contributed by atoms with E-state index < -0.39 is 15.9 Å². The molecule has 2 aromatic rings. The Hall–Kier alpha value is -3.24. The number of carbonyl (C=O) groups excluding carboxylic acids is 2. The van der Waals surface area contributed by atoms with Crippen LogP contribution in [0.2, 0.25) is 5.02 Å². The van der Waals surface area contributed by atoms with Crippen molar-refractivity contribution in [1.82, 2.24) is 9.62 Å². The lowest BCUT2D eigenvalue weighted by Crippen LogP contribution is -2.55. The van der Waals surface area contributed by atoms with Gasteiger partial charge < -0.3 is 20.4 Å². The molecule has 2 aromatic carbocycles. The Morgan fingerprint density at radius 1 is 1.03 bits per heavy atom. The summed E-state index contributed by atoms with van der Waals surface area (Å²) in [7, 11) is -4.02. The minimum absolute atomic E-state index is 0. The van der Waals surface area contributed by atoms with Crippen molar-refractivity contribution in [2.45, 2.75) is 44.6 Å². The van der Waals surface area contributed by atoms with Crippen LogP contribution >= 0.6 is 11.6 Å². The molecule has 0 saturated carbocycles. The second-order valence-electron chi connectivity index (χ2n) is 9.79. The standard InChI is InChI=1S/C27H34ClN5O4S.2H2/c1-18(19(2)29)26(34)30-38(36,37)24-9-7-23(8-10-24)31-13-15-32(16-14-31)27(35)20(3)33-12-4-5-21-17-22(28)6-11-25(21)33;;/h6-11,17,20H,4-5,12-16,29H2,1-3H3,(H,30,34);2*1H/t20-;;/m1../s1. The minimum Gasteiger partial charge on any atom is -0.402 e. The number of amides is 2. The predicted molar refractivity (Wildman–Crippen MR) is 154 cm³/mol. The maximum Gasteiger partial charge on any atom is 0.264 e. The summed E-state index contributed by atoms with van der Waals surface area (Å²) < 4.78 is 27.2. The molecule has 0 radical (unpaired) electrons. The maximum absolute atomic E-state index is 13.4. The van der Waals surface area contributed by atoms with Gasteiger partial charge in [-0.25, -0.2) is 13.1 Å². The van der Waals surface area contributed by atoms with Crippen LogP contribution < -0.4 is 20.3 Å². The minimum atomic E-state index is -4.02. The Morgan fingerprint density at radius 3 is 2.32 bits per heavy atom. The maximum atomic E-state index is 13.4. The molecule has 2 aliphatic heterocycles. The highest BCUT2D eigenvalue weighted by Crippen LogP contribution is 2.31. The van der Waals surface area contributed by atoms with Crippen LogP contribution in [-0.4, -0.2) is 63.9 Å². The fraction of sp³-hybridized carbons (Fsp3) is 0.407. The van der Waals surface area contributed by atoms with E-state index in [-0.39, 0.29) is 31.0 Å². The second-order valence-corrected chi connectivity index (χ2v) is 11.9. The van der Waals surface area contributed by atoms with Crippen molar-refractivity contribution in [2.75, 3.05) is 42.5 Å². The van der Waals surface area contributed by atoms with Crippen LogP contribution in [0.5, 0.6) is 0 Å². The number of halogens is 1. The number of hydrogen-bond donors (Lipinski definition) is 2. The molecule has 1 fully saturated rings. The fourth-order valence-electron chi connectivity index (χ4n) is 4.85. The third-order valence-electron chi connectivity index (χ3n) is 7.28. The Kier molecular flexibility index (Phi) is 8.22. The first-order valence-corrected chi connectivity index (χ1v) is 14.5. The zero-order valence-corrected chi connectivity index (χ0v) is 23.5. The van der Waals surface area contributed by atoms with E-state index in [4.69, 9.17) is 17.3 Å². The molecule has 1 saturated heterocycles. The summed E-state index contributed by atoms with van der Waals surface area (Å²) in [6.07, 6.45) is 1.94. The largest absolute Gasteiger partial charge is 0.402 e. The number of benzene rings is 2. The summed E-state index contributed by atoms with van der Waals surface area (Å²) in [4.78, 5) is 31.7. The smallest absolute Gasteiger partial charge is 0.264 e. The molecular weight excluding hydrogens is 526 g/mol. The highest BCUT2D eigenvalue weighted by atomic mass is 35.5. The first kappa shape index (κ1) is 27.8. The highest BCUT2D eigenvalue weighted by Gasteiger charge is 2.31. The molecule has 1 atom stereocenters. The first-order valence-electron chi connectivity index (χ1n) is 12.7. The fourth-order valence-corrected chi connectivity index (χ4v) is 6.06. The molecule has 4 rings (SSSR count). The van der Waals surface area contributed by atoms with Crippen LogP contribution in [0.15, 0.2) is 58.6 Å². The number of carbonyl (C=O) groups is 2. The van der Waals surface area contributed by atoms with E-state index in [0.29, 0.717) is 31.2 Å². The monoisotopic (exact) mass is 563 g/mol. The number of rotatable bonds is 6. The summed E-state index contributed by atoms with van der Waals surface area (Å²) in [5.74, 6) is -0.650. The van der Waals surface area contributed by atoms with Gasteiger partial charge in [0.1, 0.15) is 6.04 Å². The number of aryl methyl sites for hydroxylation is 1. The van der Waals surface area contributed by atoms with Crippen molar-refractivity contribution in [3.05, 3.63) is 64.3 Å². The zero-order valence-electron chi connectivity index (χ0n) is 21.9. The number of piperazine rings is 1. The third-order valence-corrected chi connectivity index (χ3v) is 8.87. The van der Waals surface area contributed by atoms with Crippen LogP contribution in [0.3, 0.4) is 0 Å². The van der Waals surface area contributed by atoms with Gasteiger partial charge in [-0.15, -0.1) is 0 Å². The van der Waals surface area contributed by atoms with Crippen molar-refractivity contribution < 1.29 is 20.9 Å². The van der Waals surface area contributed by atoms with Crippen LogP contribution in [0.4, 0.5) is 11.4 Å². The summed E-state index contributed by atoms with van der Waals surface area (Å²) >= 11 is 6.17. The molecule has 0 bridgehead atoms. The van der Waals surface area contributed by atoms with Crippen molar-refractivity contribution >= 4 is 44.8 Å². The molecule has 3 N–H and O–H groups in total. The van der Waals surface area contributed by atoms with Gasteiger partial charge in [-0.1, -0.05) is 11.6 Å². The normalized spacial score (nSPS) is 17.4. The molecule has 0 spiro atoms. The van der Waals surface area contributed by atoms with E-state index in [1.807, 2.05) is 34.7 Å². The summed E-state index contributed by atoms with van der Waals surface area (Å²) in [6.45, 7) is 8.21. The van der Waals surface area contributed by atoms with Crippen LogP contribution in [0, 0.1) is 0 Å². The lowest BCUT2D eigenvalue weighted by molar-refractivity contribution is -0.132. The average Bonchev–Trinajstić information content (AvgIpc) is 2.91. The lowest BCUT2D eigenvalue weighted by atomic mass is 10.00. The van der Waals surface area contributed by atoms with Crippen molar-refractivity contribution in [1.29, 1.82) is 0 Å². The Labute approximate surface area is 232 Å². The molecule has 0 aliphatic carbocycles. The second kappa shape index (κ2) is 11.2. The van der Waals surface area contributed by atoms with E-state index in [9.17, 15) is 18.0 Å². The molecule has 2 aliphatic rings. The Balaban J connectivity index is 0.00000280. The Bertz CT molecular complexity index is 1360. The van der Waals surface area contributed by atoms with Gasteiger partial charge >= 0.3 is 0 Å². The average molecular weight is 564 g/mol. The van der Waals surface area contributed by atoms with Crippen LogP contribution in [-0.2, 0) is 26.0 Å².